The third-order valence-electron chi connectivity index (χ3n) is 5.68. The summed E-state index contributed by atoms with van der Waals surface area (Å²) in [5.74, 6) is 0.872. The molecule has 32 heavy (non-hydrogen) atoms. The fourth-order valence-electron chi connectivity index (χ4n) is 4.07. The van der Waals surface area contributed by atoms with Crippen molar-refractivity contribution in [3.8, 4) is 17.5 Å². The van der Waals surface area contributed by atoms with E-state index in [0.29, 0.717) is 15.7 Å². The van der Waals surface area contributed by atoms with Crippen molar-refractivity contribution >= 4 is 55.4 Å². The Balaban J connectivity index is 1.29. The maximum atomic E-state index is 12.7. The minimum Gasteiger partial charge on any atom is -0.316 e. The summed E-state index contributed by atoms with van der Waals surface area (Å²) in [5.41, 5.74) is 2.84. The number of hydrogen-bond acceptors (Lipinski definition) is 7. The van der Waals surface area contributed by atoms with Gasteiger partial charge in [-0.2, -0.15) is 5.26 Å². The van der Waals surface area contributed by atoms with Gasteiger partial charge >= 0.3 is 0 Å². The predicted molar refractivity (Wildman–Crippen MR) is 131 cm³/mol. The van der Waals surface area contributed by atoms with Gasteiger partial charge in [-0.1, -0.05) is 36.4 Å². The Labute approximate surface area is 198 Å². The van der Waals surface area contributed by atoms with Crippen LogP contribution in [0.4, 0.5) is 5.00 Å². The number of thiophene rings is 2. The van der Waals surface area contributed by atoms with Gasteiger partial charge in [-0.25, -0.2) is 0 Å². The molecular weight excluding hydrogens is 458 g/mol. The first kappa shape index (κ1) is 21.2. The maximum absolute atomic E-state index is 12.7. The maximum Gasteiger partial charge on any atom is 0.235 e. The van der Waals surface area contributed by atoms with Crippen molar-refractivity contribution in [2.45, 2.75) is 37.3 Å². The molecule has 1 aromatic carbocycles. The normalized spacial score (nSPS) is 13.5. The number of nitrogens with one attached hydrogen (secondary N) is 1. The van der Waals surface area contributed by atoms with Gasteiger partial charge in [0, 0.05) is 33.0 Å². The Hall–Kier alpha value is -2.67. The number of fused-ring (bicyclic) bond motifs is 2. The highest BCUT2D eigenvalue weighted by Crippen LogP contribution is 2.37. The van der Waals surface area contributed by atoms with Crippen LogP contribution in [0.3, 0.4) is 0 Å². The first-order valence-electron chi connectivity index (χ1n) is 10.5. The summed E-state index contributed by atoms with van der Waals surface area (Å²) < 4.78 is 3.14. The summed E-state index contributed by atoms with van der Waals surface area (Å²) in [6.45, 7) is 0. The lowest BCUT2D eigenvalue weighted by Crippen LogP contribution is -2.14. The molecule has 1 aliphatic rings. The van der Waals surface area contributed by atoms with E-state index in [0.717, 1.165) is 48.0 Å². The van der Waals surface area contributed by atoms with E-state index in [1.165, 1.54) is 27.8 Å². The Bertz CT molecular complexity index is 1340. The molecule has 3 aromatic heterocycles. The molecule has 0 atom stereocenters. The van der Waals surface area contributed by atoms with Crippen molar-refractivity contribution in [2.75, 3.05) is 11.1 Å². The first-order chi connectivity index (χ1) is 15.7. The summed E-state index contributed by atoms with van der Waals surface area (Å²) in [4.78, 5) is 13.9. The molecule has 0 saturated heterocycles. The number of benzene rings is 1. The number of hydrogen-bond donors (Lipinski definition) is 1. The monoisotopic (exact) mass is 479 g/mol. The van der Waals surface area contributed by atoms with Crippen LogP contribution in [0.2, 0.25) is 0 Å². The summed E-state index contributed by atoms with van der Waals surface area (Å²) in [5, 5.41) is 25.9. The molecule has 6 nitrogen and oxygen atoms in total. The van der Waals surface area contributed by atoms with Crippen molar-refractivity contribution < 1.29 is 4.79 Å². The van der Waals surface area contributed by atoms with Gasteiger partial charge in [0.05, 0.1) is 11.3 Å². The summed E-state index contributed by atoms with van der Waals surface area (Å²) >= 11 is 4.60. The molecular formula is C23H21N5OS3. The van der Waals surface area contributed by atoms with E-state index >= 15 is 0 Å². The Kier molecular flexibility index (Phi) is 6.00. The van der Waals surface area contributed by atoms with E-state index in [4.69, 9.17) is 0 Å². The lowest BCUT2D eigenvalue weighted by molar-refractivity contribution is -0.113. The molecule has 4 aromatic rings. The molecule has 0 bridgehead atoms. The zero-order valence-electron chi connectivity index (χ0n) is 17.6. The van der Waals surface area contributed by atoms with Crippen LogP contribution < -0.4 is 5.32 Å². The lowest BCUT2D eigenvalue weighted by atomic mass is 10.1. The Morgan fingerprint density at radius 1 is 1.25 bits per heavy atom. The molecule has 1 aliphatic carbocycles. The molecule has 5 rings (SSSR count). The highest BCUT2D eigenvalue weighted by molar-refractivity contribution is 7.99. The van der Waals surface area contributed by atoms with E-state index in [1.807, 2.05) is 23.7 Å². The highest BCUT2D eigenvalue weighted by atomic mass is 32.2. The number of anilines is 1. The van der Waals surface area contributed by atoms with Gasteiger partial charge in [0.1, 0.15) is 11.1 Å². The van der Waals surface area contributed by atoms with Gasteiger partial charge in [-0.15, -0.1) is 32.9 Å². The quantitative estimate of drug-likeness (QED) is 0.296. The first-order valence-corrected chi connectivity index (χ1v) is 13.2. The number of nitriles is 1. The molecule has 0 unspecified atom stereocenters. The van der Waals surface area contributed by atoms with Crippen LogP contribution in [-0.4, -0.2) is 26.4 Å². The molecule has 1 amide bonds. The van der Waals surface area contributed by atoms with Crippen molar-refractivity contribution in [3.63, 3.8) is 0 Å². The summed E-state index contributed by atoms with van der Waals surface area (Å²) in [6, 6.07) is 10.6. The topological polar surface area (TPSA) is 83.6 Å². The van der Waals surface area contributed by atoms with Gasteiger partial charge in [0.15, 0.2) is 11.0 Å². The summed E-state index contributed by atoms with van der Waals surface area (Å²) in [6.07, 6.45) is 5.38. The third kappa shape index (κ3) is 3.94. The SMILES string of the molecule is Cn1c(SCC(=O)Nc2sc3c(c2C#N)CCCCC3)nnc1-c1csc2ccccc12. The molecule has 0 radical (unpaired) electrons. The van der Waals surface area contributed by atoms with Gasteiger partial charge in [-0.05, 0) is 37.3 Å². The van der Waals surface area contributed by atoms with Crippen molar-refractivity contribution in [2.24, 2.45) is 7.05 Å². The van der Waals surface area contributed by atoms with Crippen LogP contribution in [0.15, 0.2) is 34.8 Å². The fraction of sp³-hybridized carbons (Fsp3) is 0.304. The predicted octanol–water partition coefficient (Wildman–Crippen LogP) is 5.63. The number of aryl methyl sites for hydroxylation is 1. The second-order valence-electron chi connectivity index (χ2n) is 7.73. The van der Waals surface area contributed by atoms with E-state index < -0.39 is 0 Å². The van der Waals surface area contributed by atoms with Gasteiger partial charge in [0.25, 0.3) is 0 Å². The molecule has 9 heteroatoms. The highest BCUT2D eigenvalue weighted by Gasteiger charge is 2.21. The van der Waals surface area contributed by atoms with Crippen molar-refractivity contribution in [1.29, 1.82) is 5.26 Å². The summed E-state index contributed by atoms with van der Waals surface area (Å²) in [7, 11) is 1.92. The number of amides is 1. The molecule has 3 heterocycles. The number of aromatic nitrogens is 3. The molecule has 0 fully saturated rings. The molecule has 0 aliphatic heterocycles. The molecule has 162 valence electrons. The van der Waals surface area contributed by atoms with E-state index in [9.17, 15) is 10.1 Å². The number of rotatable bonds is 5. The number of nitrogens with zero attached hydrogens (tertiary/aromatic N) is 4. The van der Waals surface area contributed by atoms with Crippen LogP contribution in [0.25, 0.3) is 21.5 Å². The number of carbonyl (C=O) groups is 1. The van der Waals surface area contributed by atoms with E-state index in [2.05, 4.69) is 39.1 Å². The van der Waals surface area contributed by atoms with Crippen LogP contribution >= 0.6 is 34.4 Å². The fourth-order valence-corrected chi connectivity index (χ4v) is 6.97. The van der Waals surface area contributed by atoms with E-state index in [-0.39, 0.29) is 11.7 Å². The molecule has 0 spiro atoms. The number of carbonyl (C=O) groups excluding carboxylic acids is 1. The average molecular weight is 480 g/mol. The molecule has 0 saturated carbocycles. The minimum absolute atomic E-state index is 0.131. The second kappa shape index (κ2) is 9.06. The van der Waals surface area contributed by atoms with E-state index in [1.54, 1.807) is 22.7 Å². The minimum atomic E-state index is -0.131. The molecule has 1 N–H and O–H groups in total. The smallest absolute Gasteiger partial charge is 0.235 e. The van der Waals surface area contributed by atoms with Crippen molar-refractivity contribution in [1.82, 2.24) is 14.8 Å². The number of thioether (sulfide) groups is 1. The van der Waals surface area contributed by atoms with Gasteiger partial charge in [-0.3, -0.25) is 4.79 Å². The third-order valence-corrected chi connectivity index (χ3v) is 8.87. The largest absolute Gasteiger partial charge is 0.316 e. The average Bonchev–Trinajstić information content (AvgIpc) is 3.42. The van der Waals surface area contributed by atoms with Crippen molar-refractivity contribution in [3.05, 3.63) is 45.6 Å². The van der Waals surface area contributed by atoms with Crippen LogP contribution in [0, 0.1) is 11.3 Å². The standard InChI is InChI=1S/C23H21N5OS3/c1-28-21(17-12-30-18-9-6-5-8-15(17)18)26-27-23(28)31-13-20(29)25-22-16(11-24)14-7-3-2-4-10-19(14)32-22/h5-6,8-9,12H,2-4,7,10,13H2,1H3,(H,25,29). The zero-order chi connectivity index (χ0) is 22.1. The van der Waals surface area contributed by atoms with Gasteiger partial charge in [0.2, 0.25) is 5.91 Å². The second-order valence-corrected chi connectivity index (χ2v) is 10.7. The van der Waals surface area contributed by atoms with Crippen LogP contribution in [-0.2, 0) is 24.7 Å². The Morgan fingerprint density at radius 3 is 2.97 bits per heavy atom. The van der Waals surface area contributed by atoms with Gasteiger partial charge < -0.3 is 9.88 Å². The van der Waals surface area contributed by atoms with Crippen LogP contribution in [0.1, 0.15) is 35.3 Å². The zero-order valence-corrected chi connectivity index (χ0v) is 20.0. The lowest BCUT2D eigenvalue weighted by Gasteiger charge is -2.05. The Morgan fingerprint density at radius 2 is 2.09 bits per heavy atom. The van der Waals surface area contributed by atoms with Crippen LogP contribution in [0.5, 0.6) is 0 Å².